The maximum absolute atomic E-state index is 2.55. The van der Waals surface area contributed by atoms with Crippen LogP contribution in [0.4, 0.5) is 17.1 Å². The van der Waals surface area contributed by atoms with Crippen molar-refractivity contribution in [2.24, 2.45) is 0 Å². The van der Waals surface area contributed by atoms with Gasteiger partial charge in [0.2, 0.25) is 0 Å². The van der Waals surface area contributed by atoms with Crippen LogP contribution in [0.1, 0.15) is 22.3 Å². The largest absolute Gasteiger partial charge is 0.308 e. The summed E-state index contributed by atoms with van der Waals surface area (Å²) in [6, 6.07) is 85.7. The van der Waals surface area contributed by atoms with Gasteiger partial charge in [-0.05, 0) is 92.5 Å². The van der Waals surface area contributed by atoms with Gasteiger partial charge in [0.25, 0.3) is 0 Å². The minimum Gasteiger partial charge on any atom is -0.308 e. The lowest BCUT2D eigenvalue weighted by molar-refractivity contribution is 0.794. The number of hydrogen-bond donors (Lipinski definition) is 0. The number of para-hydroxylation sites is 2. The Hall–Kier alpha value is -7.98. The number of hydrogen-bond acceptors (Lipinski definition) is 2. The number of benzene rings is 10. The highest BCUT2D eigenvalue weighted by Crippen LogP contribution is 2.65. The molecule has 12 aromatic rings. The van der Waals surface area contributed by atoms with Gasteiger partial charge >= 0.3 is 0 Å². The third kappa shape index (κ3) is 4.74. The minimum atomic E-state index is -0.463. The lowest BCUT2D eigenvalue weighted by atomic mass is 9.70. The lowest BCUT2D eigenvalue weighted by Crippen LogP contribution is -2.26. The fraction of sp³-hybridized carbons (Fsp3) is 0.0164. The van der Waals surface area contributed by atoms with Crippen molar-refractivity contribution in [3.8, 4) is 39.1 Å². The van der Waals surface area contributed by atoms with E-state index in [2.05, 4.69) is 240 Å². The maximum Gasteiger partial charge on any atom is 0.0782 e. The van der Waals surface area contributed by atoms with Crippen molar-refractivity contribution in [1.29, 1.82) is 0 Å². The van der Waals surface area contributed by atoms with E-state index >= 15 is 0 Å². The zero-order valence-corrected chi connectivity index (χ0v) is 35.6. The lowest BCUT2D eigenvalue weighted by Gasteiger charge is -2.32. The minimum absolute atomic E-state index is 0.463. The summed E-state index contributed by atoms with van der Waals surface area (Å²) < 4.78 is 5.15. The first-order valence-electron chi connectivity index (χ1n) is 22.1. The first-order valence-corrected chi connectivity index (χ1v) is 22.9. The molecule has 0 radical (unpaired) electrons. The van der Waals surface area contributed by atoms with Crippen LogP contribution in [0.25, 0.3) is 81.0 Å². The number of anilines is 3. The van der Waals surface area contributed by atoms with E-state index in [-0.39, 0.29) is 0 Å². The van der Waals surface area contributed by atoms with Crippen LogP contribution in [-0.4, -0.2) is 4.57 Å². The predicted octanol–water partition coefficient (Wildman–Crippen LogP) is 16.6. The van der Waals surface area contributed by atoms with Gasteiger partial charge in [-0.15, -0.1) is 11.3 Å². The molecule has 1 spiro atoms. The molecule has 0 amide bonds. The highest BCUT2D eigenvalue weighted by molar-refractivity contribution is 7.26. The second-order valence-electron chi connectivity index (χ2n) is 17.1. The molecule has 2 aromatic heterocycles. The monoisotopic (exact) mass is 830 g/mol. The van der Waals surface area contributed by atoms with Gasteiger partial charge in [-0.1, -0.05) is 188 Å². The van der Waals surface area contributed by atoms with E-state index in [0.717, 1.165) is 22.7 Å². The Morgan fingerprint density at radius 3 is 1.64 bits per heavy atom. The smallest absolute Gasteiger partial charge is 0.0782 e. The van der Waals surface area contributed by atoms with Crippen molar-refractivity contribution >= 4 is 70.4 Å². The van der Waals surface area contributed by atoms with Gasteiger partial charge in [-0.3, -0.25) is 0 Å². The van der Waals surface area contributed by atoms with Crippen LogP contribution in [0.3, 0.4) is 0 Å². The summed E-state index contributed by atoms with van der Waals surface area (Å²) in [4.78, 5) is 2.55. The van der Waals surface area contributed by atoms with Crippen molar-refractivity contribution in [1.82, 2.24) is 4.57 Å². The molecule has 2 heterocycles. The molecular formula is C61H38N2S. The molecule has 0 aliphatic heterocycles. The topological polar surface area (TPSA) is 8.17 Å². The molecular weight excluding hydrogens is 793 g/mol. The molecule has 0 N–H and O–H groups in total. The van der Waals surface area contributed by atoms with Crippen molar-refractivity contribution < 1.29 is 0 Å². The van der Waals surface area contributed by atoms with Gasteiger partial charge in [-0.2, -0.15) is 0 Å². The molecule has 14 rings (SSSR count). The second-order valence-corrected chi connectivity index (χ2v) is 18.2. The zero-order valence-electron chi connectivity index (χ0n) is 34.7. The van der Waals surface area contributed by atoms with E-state index in [9.17, 15) is 0 Å². The first-order chi connectivity index (χ1) is 31.8. The average Bonchev–Trinajstić information content (AvgIpc) is 4.09. The predicted molar refractivity (Wildman–Crippen MR) is 270 cm³/mol. The molecule has 0 saturated heterocycles. The van der Waals surface area contributed by atoms with Gasteiger partial charge in [0.15, 0.2) is 0 Å². The van der Waals surface area contributed by atoms with Crippen LogP contribution < -0.4 is 4.90 Å². The molecule has 0 bridgehead atoms. The summed E-state index contributed by atoms with van der Waals surface area (Å²) in [5.74, 6) is 0. The Morgan fingerprint density at radius 2 is 0.891 bits per heavy atom. The molecule has 3 heteroatoms. The van der Waals surface area contributed by atoms with Gasteiger partial charge in [0.05, 0.1) is 32.5 Å². The fourth-order valence-electron chi connectivity index (χ4n) is 11.5. The third-order valence-corrected chi connectivity index (χ3v) is 15.2. The summed E-state index contributed by atoms with van der Waals surface area (Å²) in [6.45, 7) is 0. The normalized spacial score (nSPS) is 13.1. The molecule has 2 nitrogen and oxygen atoms in total. The molecule has 0 fully saturated rings. The highest BCUT2D eigenvalue weighted by atomic mass is 32.1. The average molecular weight is 831 g/mol. The first kappa shape index (κ1) is 35.6. The molecule has 2 aliphatic rings. The van der Waals surface area contributed by atoms with E-state index in [1.807, 2.05) is 11.3 Å². The van der Waals surface area contributed by atoms with Gasteiger partial charge in [0.1, 0.15) is 0 Å². The molecule has 0 unspecified atom stereocenters. The summed E-state index contributed by atoms with van der Waals surface area (Å²) >= 11 is 1.90. The second kappa shape index (κ2) is 13.5. The number of nitrogens with zero attached hydrogens (tertiary/aromatic N) is 2. The van der Waals surface area contributed by atoms with Gasteiger partial charge < -0.3 is 9.47 Å². The van der Waals surface area contributed by atoms with E-state index in [4.69, 9.17) is 0 Å². The fourth-order valence-corrected chi connectivity index (χ4v) is 12.7. The standard InChI is InChI=1S/C61H38N2S/c1-3-17-39(18-4-1)40-33-35-42(36-34-40)62(54-30-16-29-53-57(54)49-24-9-13-28-52(49)61(53)50-26-11-7-21-43(50)44-22-8-12-27-51(44)61)55-31-15-25-46-47-37-38-48-45-23-10-14-32-56(45)64-60(48)59(47)63(58(46)55)41-19-5-2-6-20-41/h1-38H. The van der Waals surface area contributed by atoms with Crippen LogP contribution in [0.2, 0.25) is 0 Å². The molecule has 0 atom stereocenters. The van der Waals surface area contributed by atoms with Crippen LogP contribution in [0.5, 0.6) is 0 Å². The summed E-state index contributed by atoms with van der Waals surface area (Å²) in [7, 11) is 0. The molecule has 0 saturated carbocycles. The van der Waals surface area contributed by atoms with Gasteiger partial charge in [0, 0.05) is 43.2 Å². The number of thiophene rings is 1. The molecule has 2 aliphatic carbocycles. The van der Waals surface area contributed by atoms with Crippen LogP contribution in [-0.2, 0) is 5.41 Å². The van der Waals surface area contributed by atoms with Crippen molar-refractivity contribution in [2.45, 2.75) is 5.41 Å². The van der Waals surface area contributed by atoms with Crippen molar-refractivity contribution in [3.63, 3.8) is 0 Å². The van der Waals surface area contributed by atoms with Crippen LogP contribution in [0, 0.1) is 0 Å². The summed E-state index contributed by atoms with van der Waals surface area (Å²) in [5, 5.41) is 5.07. The van der Waals surface area contributed by atoms with Crippen molar-refractivity contribution in [2.75, 3.05) is 4.90 Å². The molecule has 10 aromatic carbocycles. The van der Waals surface area contributed by atoms with E-state index in [0.29, 0.717) is 0 Å². The van der Waals surface area contributed by atoms with E-state index in [1.54, 1.807) is 0 Å². The number of aromatic nitrogens is 1. The summed E-state index contributed by atoms with van der Waals surface area (Å²) in [6.07, 6.45) is 0. The van der Waals surface area contributed by atoms with Gasteiger partial charge in [-0.25, -0.2) is 0 Å². The zero-order chi connectivity index (χ0) is 41.9. The van der Waals surface area contributed by atoms with Crippen LogP contribution in [0.15, 0.2) is 231 Å². The SMILES string of the molecule is c1ccc(-c2ccc(N(c3cccc4c3-c3ccccc3C43c4ccccc4-c4ccccc43)c3cccc4c5ccc6c7ccccc7sc6c5n(-c5ccccc5)c34)cc2)cc1. The van der Waals surface area contributed by atoms with E-state index < -0.39 is 5.41 Å². The van der Waals surface area contributed by atoms with E-state index in [1.165, 1.54) is 97.6 Å². The Bertz CT molecular complexity index is 3790. The Morgan fingerprint density at radius 1 is 0.359 bits per heavy atom. The number of fused-ring (bicyclic) bond motifs is 17. The maximum atomic E-state index is 2.55. The molecule has 64 heavy (non-hydrogen) atoms. The van der Waals surface area contributed by atoms with Crippen molar-refractivity contribution in [3.05, 3.63) is 253 Å². The summed E-state index contributed by atoms with van der Waals surface area (Å²) in [5.41, 5.74) is 19.4. The Balaban J connectivity index is 1.11. The quantitative estimate of drug-likeness (QED) is 0.168. The molecule has 298 valence electrons. The number of rotatable bonds is 5. The Labute approximate surface area is 375 Å². The Kier molecular flexibility index (Phi) is 7.51. The highest BCUT2D eigenvalue weighted by Gasteiger charge is 2.52. The van der Waals surface area contributed by atoms with Crippen LogP contribution >= 0.6 is 11.3 Å². The third-order valence-electron chi connectivity index (χ3n) is 14.0.